The predicted octanol–water partition coefficient (Wildman–Crippen LogP) is 1.22. The molecule has 0 radical (unpaired) electrons. The average Bonchev–Trinajstić information content (AvgIpc) is 3.20. The number of carbonyl (C=O) groups excluding carboxylic acids is 1. The molecule has 176 valence electrons. The van der Waals surface area contributed by atoms with Gasteiger partial charge in [-0.25, -0.2) is 21.6 Å². The monoisotopic (exact) mass is 482 g/mol. The molecule has 1 aromatic carbocycles. The van der Waals surface area contributed by atoms with Crippen LogP contribution in [-0.2, 0) is 32.8 Å². The second-order valence-electron chi connectivity index (χ2n) is 8.43. The van der Waals surface area contributed by atoms with Crippen LogP contribution < -0.4 is 4.72 Å². The number of benzene rings is 1. The maximum absolute atomic E-state index is 12.9. The van der Waals surface area contributed by atoms with E-state index in [4.69, 9.17) is 0 Å². The van der Waals surface area contributed by atoms with E-state index in [1.807, 2.05) is 26.0 Å². The van der Waals surface area contributed by atoms with Crippen LogP contribution in [0.15, 0.2) is 24.3 Å². The highest BCUT2D eigenvalue weighted by atomic mass is 32.2. The van der Waals surface area contributed by atoms with E-state index in [0.29, 0.717) is 31.5 Å². The fourth-order valence-corrected chi connectivity index (χ4v) is 6.14. The molecule has 0 aliphatic carbocycles. The van der Waals surface area contributed by atoms with Crippen molar-refractivity contribution in [3.63, 3.8) is 0 Å². The standard InChI is InChI=1S/C21H30N4O5S2/c1-15-20(16(2)25(23-15)19-10-12-32(29,30)14-19)13-24(3)21(26)18-7-5-17(6-8-18)9-11-22-31(4,27)28/h5-8,19,22H,9-14H2,1-4H3/t19-/m1/s1. The van der Waals surface area contributed by atoms with Gasteiger partial charge in [0.15, 0.2) is 9.84 Å². The third-order valence-corrected chi connectivity index (χ3v) is 8.23. The highest BCUT2D eigenvalue weighted by Gasteiger charge is 2.31. The van der Waals surface area contributed by atoms with Gasteiger partial charge in [-0.05, 0) is 44.4 Å². The van der Waals surface area contributed by atoms with Crippen LogP contribution in [0.1, 0.15) is 45.3 Å². The molecule has 1 fully saturated rings. The Bertz CT molecular complexity index is 1200. The molecule has 1 aromatic heterocycles. The molecule has 0 spiro atoms. The number of hydrogen-bond donors (Lipinski definition) is 1. The Morgan fingerprint density at radius 1 is 1.25 bits per heavy atom. The van der Waals surface area contributed by atoms with Crippen molar-refractivity contribution in [2.24, 2.45) is 0 Å². The summed E-state index contributed by atoms with van der Waals surface area (Å²) in [6.07, 6.45) is 2.21. The minimum atomic E-state index is -3.22. The van der Waals surface area contributed by atoms with E-state index in [2.05, 4.69) is 9.82 Å². The first kappa shape index (κ1) is 24.4. The van der Waals surface area contributed by atoms with Gasteiger partial charge in [0.1, 0.15) is 0 Å². The van der Waals surface area contributed by atoms with Gasteiger partial charge in [-0.3, -0.25) is 9.48 Å². The fraction of sp³-hybridized carbons (Fsp3) is 0.524. The summed E-state index contributed by atoms with van der Waals surface area (Å²) < 4.78 is 50.2. The van der Waals surface area contributed by atoms with Crippen LogP contribution in [0.25, 0.3) is 0 Å². The van der Waals surface area contributed by atoms with Crippen molar-refractivity contribution in [1.29, 1.82) is 0 Å². The van der Waals surface area contributed by atoms with Crippen molar-refractivity contribution in [3.05, 3.63) is 52.3 Å². The van der Waals surface area contributed by atoms with Crippen molar-refractivity contribution >= 4 is 25.8 Å². The molecule has 32 heavy (non-hydrogen) atoms. The normalized spacial score (nSPS) is 18.1. The van der Waals surface area contributed by atoms with Gasteiger partial charge in [0, 0.05) is 37.0 Å². The summed E-state index contributed by atoms with van der Waals surface area (Å²) in [6.45, 7) is 4.46. The van der Waals surface area contributed by atoms with Crippen molar-refractivity contribution in [2.75, 3.05) is 31.4 Å². The Morgan fingerprint density at radius 3 is 2.47 bits per heavy atom. The lowest BCUT2D eigenvalue weighted by Gasteiger charge is -2.18. The number of carbonyl (C=O) groups is 1. The molecule has 0 unspecified atom stereocenters. The lowest BCUT2D eigenvalue weighted by atomic mass is 10.1. The molecule has 11 heteroatoms. The maximum atomic E-state index is 12.9. The fourth-order valence-electron chi connectivity index (χ4n) is 3.97. The number of aromatic nitrogens is 2. The lowest BCUT2D eigenvalue weighted by Crippen LogP contribution is -2.27. The molecule has 1 N–H and O–H groups in total. The molecule has 0 saturated carbocycles. The van der Waals surface area contributed by atoms with Gasteiger partial charge in [0.05, 0.1) is 29.5 Å². The van der Waals surface area contributed by atoms with E-state index in [0.717, 1.165) is 28.8 Å². The second kappa shape index (κ2) is 9.32. The van der Waals surface area contributed by atoms with Crippen molar-refractivity contribution < 1.29 is 21.6 Å². The summed E-state index contributed by atoms with van der Waals surface area (Å²) in [5, 5.41) is 4.57. The number of hydrogen-bond acceptors (Lipinski definition) is 6. The number of nitrogens with one attached hydrogen (secondary N) is 1. The first-order valence-corrected chi connectivity index (χ1v) is 14.1. The summed E-state index contributed by atoms with van der Waals surface area (Å²) in [4.78, 5) is 14.5. The summed E-state index contributed by atoms with van der Waals surface area (Å²) in [7, 11) is -4.51. The highest BCUT2D eigenvalue weighted by molar-refractivity contribution is 7.91. The second-order valence-corrected chi connectivity index (χ2v) is 12.5. The quantitative estimate of drug-likeness (QED) is 0.604. The highest BCUT2D eigenvalue weighted by Crippen LogP contribution is 2.27. The largest absolute Gasteiger partial charge is 0.337 e. The Labute approximate surface area is 189 Å². The Morgan fingerprint density at radius 2 is 1.91 bits per heavy atom. The van der Waals surface area contributed by atoms with Gasteiger partial charge in [-0.15, -0.1) is 0 Å². The van der Waals surface area contributed by atoms with Crippen LogP contribution >= 0.6 is 0 Å². The third kappa shape index (κ3) is 5.96. The molecule has 0 bridgehead atoms. The summed E-state index contributed by atoms with van der Waals surface area (Å²) in [6, 6.07) is 6.96. The van der Waals surface area contributed by atoms with Gasteiger partial charge >= 0.3 is 0 Å². The zero-order valence-corrected chi connectivity index (χ0v) is 20.5. The number of rotatable bonds is 8. The molecule has 3 rings (SSSR count). The van der Waals surface area contributed by atoms with Crippen molar-refractivity contribution in [1.82, 2.24) is 19.4 Å². The third-order valence-electron chi connectivity index (χ3n) is 5.75. The molecule has 1 amide bonds. The van der Waals surface area contributed by atoms with E-state index < -0.39 is 19.9 Å². The van der Waals surface area contributed by atoms with E-state index in [-0.39, 0.29) is 23.5 Å². The molecular formula is C21H30N4O5S2. The predicted molar refractivity (Wildman–Crippen MR) is 123 cm³/mol. The van der Waals surface area contributed by atoms with Crippen molar-refractivity contribution in [3.8, 4) is 0 Å². The minimum absolute atomic E-state index is 0.106. The lowest BCUT2D eigenvalue weighted by molar-refractivity contribution is 0.0784. The summed E-state index contributed by atoms with van der Waals surface area (Å²) in [5.74, 6) is 0.153. The smallest absolute Gasteiger partial charge is 0.253 e. The van der Waals surface area contributed by atoms with Crippen LogP contribution in [0.5, 0.6) is 0 Å². The van der Waals surface area contributed by atoms with Gasteiger partial charge in [0.2, 0.25) is 10.0 Å². The Hall–Kier alpha value is -2.24. The Kier molecular flexibility index (Phi) is 7.11. The van der Waals surface area contributed by atoms with Crippen LogP contribution in [0.3, 0.4) is 0 Å². The van der Waals surface area contributed by atoms with Crippen molar-refractivity contribution in [2.45, 2.75) is 39.3 Å². The van der Waals surface area contributed by atoms with E-state index in [1.165, 1.54) is 0 Å². The van der Waals surface area contributed by atoms with Gasteiger partial charge in [-0.2, -0.15) is 5.10 Å². The van der Waals surface area contributed by atoms with Gasteiger partial charge < -0.3 is 4.90 Å². The van der Waals surface area contributed by atoms with Crippen LogP contribution in [0.2, 0.25) is 0 Å². The number of aryl methyl sites for hydroxylation is 1. The molecule has 1 aliphatic heterocycles. The molecule has 1 atom stereocenters. The first-order chi connectivity index (χ1) is 14.9. The molecule has 9 nitrogen and oxygen atoms in total. The van der Waals surface area contributed by atoms with E-state index in [9.17, 15) is 21.6 Å². The summed E-state index contributed by atoms with van der Waals surface area (Å²) in [5.41, 5.74) is 4.07. The zero-order valence-electron chi connectivity index (χ0n) is 18.8. The number of sulfone groups is 1. The van der Waals surface area contributed by atoms with Gasteiger partial charge in [0.25, 0.3) is 5.91 Å². The number of sulfonamides is 1. The molecule has 1 saturated heterocycles. The number of amides is 1. The molecule has 1 aliphatic rings. The van der Waals surface area contributed by atoms with Gasteiger partial charge in [-0.1, -0.05) is 12.1 Å². The molecule has 2 aromatic rings. The topological polar surface area (TPSA) is 118 Å². The minimum Gasteiger partial charge on any atom is -0.337 e. The SMILES string of the molecule is Cc1nn([C@@H]2CCS(=O)(=O)C2)c(C)c1CN(C)C(=O)c1ccc(CCNS(C)(=O)=O)cc1. The molecule has 2 heterocycles. The van der Waals surface area contributed by atoms with Crippen LogP contribution in [0, 0.1) is 13.8 Å². The first-order valence-electron chi connectivity index (χ1n) is 10.4. The molecular weight excluding hydrogens is 452 g/mol. The van der Waals surface area contributed by atoms with Crippen LogP contribution in [0.4, 0.5) is 0 Å². The average molecular weight is 483 g/mol. The van der Waals surface area contributed by atoms with E-state index in [1.54, 1.807) is 28.8 Å². The zero-order chi connectivity index (χ0) is 23.7. The number of nitrogens with zero attached hydrogens (tertiary/aromatic N) is 3. The Balaban J connectivity index is 1.66. The van der Waals surface area contributed by atoms with E-state index >= 15 is 0 Å². The summed E-state index contributed by atoms with van der Waals surface area (Å²) >= 11 is 0. The maximum Gasteiger partial charge on any atom is 0.253 e. The van der Waals surface area contributed by atoms with Crippen LogP contribution in [-0.4, -0.2) is 68.8 Å².